The Hall–Kier alpha value is -2.89. The highest BCUT2D eigenvalue weighted by atomic mass is 16.6. The van der Waals surface area contributed by atoms with Crippen LogP contribution >= 0.6 is 0 Å². The molecule has 6 nitrogen and oxygen atoms in total. The van der Waals surface area contributed by atoms with Crippen molar-refractivity contribution in [1.82, 2.24) is 0 Å². The molecule has 76 heavy (non-hydrogen) atoms. The van der Waals surface area contributed by atoms with Crippen LogP contribution in [-0.4, -0.2) is 37.2 Å². The third-order valence-electron chi connectivity index (χ3n) is 14.7. The van der Waals surface area contributed by atoms with Crippen LogP contribution in [0.25, 0.3) is 0 Å². The van der Waals surface area contributed by atoms with Gasteiger partial charge in [0.25, 0.3) is 0 Å². The largest absolute Gasteiger partial charge is 0.462 e. The summed E-state index contributed by atoms with van der Waals surface area (Å²) in [6, 6.07) is 0. The van der Waals surface area contributed by atoms with Gasteiger partial charge in [0.1, 0.15) is 13.2 Å². The van der Waals surface area contributed by atoms with Crippen LogP contribution in [0.2, 0.25) is 0 Å². The van der Waals surface area contributed by atoms with Gasteiger partial charge in [0.15, 0.2) is 6.10 Å². The summed E-state index contributed by atoms with van der Waals surface area (Å²) in [7, 11) is 0. The van der Waals surface area contributed by atoms with Gasteiger partial charge >= 0.3 is 17.9 Å². The minimum absolute atomic E-state index is 0.0736. The summed E-state index contributed by atoms with van der Waals surface area (Å²) in [5.41, 5.74) is 0. The maximum Gasteiger partial charge on any atom is 0.306 e. The van der Waals surface area contributed by atoms with Gasteiger partial charge in [-0.15, -0.1) is 0 Å². The van der Waals surface area contributed by atoms with E-state index in [1.165, 1.54) is 225 Å². The summed E-state index contributed by atoms with van der Waals surface area (Å²) in [6.07, 6.45) is 82.5. The Kier molecular flexibility index (Phi) is 62.2. The van der Waals surface area contributed by atoms with Crippen molar-refractivity contribution in [2.45, 2.75) is 354 Å². The maximum atomic E-state index is 12.9. The lowest BCUT2D eigenvalue weighted by molar-refractivity contribution is -0.167. The topological polar surface area (TPSA) is 78.9 Å². The zero-order valence-corrected chi connectivity index (χ0v) is 50.8. The molecule has 0 spiro atoms. The smallest absolute Gasteiger partial charge is 0.306 e. The van der Waals surface area contributed by atoms with Crippen LogP contribution in [0.4, 0.5) is 0 Å². The van der Waals surface area contributed by atoms with Crippen LogP contribution in [0, 0.1) is 0 Å². The molecule has 1 unspecified atom stereocenters. The van der Waals surface area contributed by atoms with Crippen molar-refractivity contribution < 1.29 is 28.6 Å². The molecular weight excluding hydrogens is 937 g/mol. The van der Waals surface area contributed by atoms with Gasteiger partial charge in [-0.2, -0.15) is 0 Å². The zero-order chi connectivity index (χ0) is 55.0. The lowest BCUT2D eigenvalue weighted by Gasteiger charge is -2.18. The van der Waals surface area contributed by atoms with Gasteiger partial charge in [-0.3, -0.25) is 14.4 Å². The minimum Gasteiger partial charge on any atom is -0.462 e. The van der Waals surface area contributed by atoms with Crippen LogP contribution in [0.15, 0.2) is 60.8 Å². The first kappa shape index (κ1) is 73.1. The zero-order valence-electron chi connectivity index (χ0n) is 50.8. The molecule has 0 fully saturated rings. The van der Waals surface area contributed by atoms with E-state index >= 15 is 0 Å². The summed E-state index contributed by atoms with van der Waals surface area (Å²) in [5.74, 6) is -0.867. The molecule has 0 rings (SSSR count). The van der Waals surface area contributed by atoms with Crippen molar-refractivity contribution in [3.63, 3.8) is 0 Å². The summed E-state index contributed by atoms with van der Waals surface area (Å²) in [4.78, 5) is 38.2. The molecule has 0 aromatic heterocycles. The van der Waals surface area contributed by atoms with Gasteiger partial charge < -0.3 is 14.2 Å². The van der Waals surface area contributed by atoms with Gasteiger partial charge in [-0.05, 0) is 89.9 Å². The number of hydrogen-bond acceptors (Lipinski definition) is 6. The Morgan fingerprint density at radius 1 is 0.263 bits per heavy atom. The van der Waals surface area contributed by atoms with Crippen molar-refractivity contribution in [1.29, 1.82) is 0 Å². The minimum atomic E-state index is -0.775. The lowest BCUT2D eigenvalue weighted by Crippen LogP contribution is -2.30. The van der Waals surface area contributed by atoms with Crippen molar-refractivity contribution in [2.75, 3.05) is 13.2 Å². The monoisotopic (exact) mass is 1060 g/mol. The van der Waals surface area contributed by atoms with Gasteiger partial charge in [-0.1, -0.05) is 300 Å². The molecule has 0 saturated carbocycles. The van der Waals surface area contributed by atoms with E-state index in [1.54, 1.807) is 0 Å². The van der Waals surface area contributed by atoms with Gasteiger partial charge in [0.2, 0.25) is 0 Å². The van der Waals surface area contributed by atoms with Crippen molar-refractivity contribution in [3.8, 4) is 0 Å². The summed E-state index contributed by atoms with van der Waals surface area (Å²) < 4.78 is 16.9. The quantitative estimate of drug-likeness (QED) is 0.0261. The second kappa shape index (κ2) is 64.6. The van der Waals surface area contributed by atoms with Crippen molar-refractivity contribution in [2.24, 2.45) is 0 Å². The second-order valence-corrected chi connectivity index (χ2v) is 22.4. The van der Waals surface area contributed by atoms with Gasteiger partial charge in [0, 0.05) is 19.3 Å². The predicted octanol–water partition coefficient (Wildman–Crippen LogP) is 22.7. The third-order valence-corrected chi connectivity index (χ3v) is 14.7. The summed E-state index contributed by atoms with van der Waals surface area (Å²) in [6.45, 7) is 6.63. The van der Waals surface area contributed by atoms with Gasteiger partial charge in [0.05, 0.1) is 0 Å². The fraction of sp³-hybridized carbons (Fsp3) is 0.814. The summed E-state index contributed by atoms with van der Waals surface area (Å²) in [5, 5.41) is 0. The molecule has 0 aliphatic carbocycles. The molecule has 0 aromatic rings. The molecule has 0 aliphatic rings. The van der Waals surface area contributed by atoms with Crippen LogP contribution in [0.1, 0.15) is 348 Å². The van der Waals surface area contributed by atoms with Crippen molar-refractivity contribution >= 4 is 17.9 Å². The normalized spacial score (nSPS) is 12.4. The molecule has 0 radical (unpaired) electrons. The fourth-order valence-electron chi connectivity index (χ4n) is 9.72. The van der Waals surface area contributed by atoms with Gasteiger partial charge in [-0.25, -0.2) is 0 Å². The molecule has 1 atom stereocenters. The highest BCUT2D eigenvalue weighted by molar-refractivity contribution is 5.71. The number of carbonyl (C=O) groups is 3. The van der Waals surface area contributed by atoms with Crippen LogP contribution in [0.5, 0.6) is 0 Å². The van der Waals surface area contributed by atoms with Crippen LogP contribution in [0.3, 0.4) is 0 Å². The van der Waals surface area contributed by atoms with E-state index in [4.69, 9.17) is 14.2 Å². The van der Waals surface area contributed by atoms with E-state index in [1.807, 2.05) is 0 Å². The van der Waals surface area contributed by atoms with E-state index in [0.29, 0.717) is 19.3 Å². The number of ether oxygens (including phenoxy) is 3. The van der Waals surface area contributed by atoms with Crippen LogP contribution in [-0.2, 0) is 28.6 Å². The maximum absolute atomic E-state index is 12.9. The summed E-state index contributed by atoms with van der Waals surface area (Å²) >= 11 is 0. The highest BCUT2D eigenvalue weighted by Gasteiger charge is 2.19. The molecule has 0 heterocycles. The van der Waals surface area contributed by atoms with Crippen LogP contribution < -0.4 is 0 Å². The SMILES string of the molecule is CCCCCC/C=C\C/C=C\CCCCCCCCCC(=O)OC(COC(=O)CCCCCCCCCCC)COC(=O)CCCCCCCCCCCCCCCCCC/C=C\C/C=C\C/C=C\CCCCCCC. The Morgan fingerprint density at radius 3 is 0.750 bits per heavy atom. The van der Waals surface area contributed by atoms with E-state index < -0.39 is 6.10 Å². The molecule has 0 bridgehead atoms. The van der Waals surface area contributed by atoms with E-state index in [-0.39, 0.29) is 31.1 Å². The number of rotatable bonds is 61. The fourth-order valence-corrected chi connectivity index (χ4v) is 9.72. The number of carbonyl (C=O) groups excluding carboxylic acids is 3. The standard InChI is InChI=1S/C70H126O6/c1-4-7-10-13-16-19-21-23-25-27-29-30-31-32-33-34-35-36-37-38-39-40-41-43-44-46-48-51-54-57-60-63-69(72)75-66-67(65-74-68(71)62-59-56-53-50-18-15-12-9-6-3)76-70(73)64-61-58-55-52-49-47-45-42-28-26-24-22-20-17-14-11-8-5-2/h20-23,26-29,31-32,67H,4-19,24-25,30,33-66H2,1-3H3/b22-20-,23-21-,28-26-,29-27-,32-31-. The lowest BCUT2D eigenvalue weighted by atomic mass is 10.0. The molecule has 0 amide bonds. The molecule has 0 aromatic carbocycles. The first-order valence-electron chi connectivity index (χ1n) is 33.3. The predicted molar refractivity (Wildman–Crippen MR) is 330 cm³/mol. The number of esters is 3. The first-order valence-corrected chi connectivity index (χ1v) is 33.3. The van der Waals surface area contributed by atoms with E-state index in [0.717, 1.165) is 83.5 Å². The second-order valence-electron chi connectivity index (χ2n) is 22.4. The third kappa shape index (κ3) is 62.0. The molecule has 0 saturated heterocycles. The van der Waals surface area contributed by atoms with E-state index in [2.05, 4.69) is 81.5 Å². The van der Waals surface area contributed by atoms with E-state index in [9.17, 15) is 14.4 Å². The molecule has 0 N–H and O–H groups in total. The average Bonchev–Trinajstić information content (AvgIpc) is 3.42. The Bertz CT molecular complexity index is 1360. The Morgan fingerprint density at radius 2 is 0.474 bits per heavy atom. The molecule has 0 aliphatic heterocycles. The highest BCUT2D eigenvalue weighted by Crippen LogP contribution is 2.17. The number of unbranched alkanes of at least 4 members (excludes halogenated alkanes) is 40. The number of allylic oxidation sites excluding steroid dienone is 10. The Labute approximate surface area is 472 Å². The molecule has 442 valence electrons. The molecule has 6 heteroatoms. The molecular formula is C70H126O6. The average molecular weight is 1060 g/mol. The first-order chi connectivity index (χ1) is 37.5. The van der Waals surface area contributed by atoms with Crippen molar-refractivity contribution in [3.05, 3.63) is 60.8 Å². The Balaban J connectivity index is 4.11. The number of hydrogen-bond donors (Lipinski definition) is 0.